The number of benzene rings is 2. The van der Waals surface area contributed by atoms with Gasteiger partial charge in [-0.05, 0) is 11.1 Å². The molecule has 31 heavy (non-hydrogen) atoms. The topological polar surface area (TPSA) is 85.7 Å². The normalized spacial score (nSPS) is 15.7. The van der Waals surface area contributed by atoms with Gasteiger partial charge >= 0.3 is 6.09 Å². The molecule has 8 nitrogen and oxygen atoms in total. The summed E-state index contributed by atoms with van der Waals surface area (Å²) in [5.41, 5.74) is 2.62. The molecule has 0 spiro atoms. The Kier molecular flexibility index (Phi) is 6.59. The van der Waals surface area contributed by atoms with Gasteiger partial charge in [-0.2, -0.15) is 5.10 Å². The Balaban J connectivity index is 1.25. The molecule has 3 aromatic rings. The summed E-state index contributed by atoms with van der Waals surface area (Å²) in [6, 6.07) is 19.2. The van der Waals surface area contributed by atoms with E-state index in [0.29, 0.717) is 25.4 Å². The average molecular weight is 420 g/mol. The summed E-state index contributed by atoms with van der Waals surface area (Å²) >= 11 is 0. The van der Waals surface area contributed by atoms with Crippen LogP contribution in [-0.2, 0) is 27.4 Å². The number of nitrogens with zero attached hydrogens (tertiary/aromatic N) is 3. The molecule has 2 aromatic carbocycles. The second-order valence-electron chi connectivity index (χ2n) is 7.21. The van der Waals surface area contributed by atoms with E-state index in [-0.39, 0.29) is 25.1 Å². The van der Waals surface area contributed by atoms with Crippen LogP contribution in [0.1, 0.15) is 17.2 Å². The van der Waals surface area contributed by atoms with Crippen molar-refractivity contribution in [3.63, 3.8) is 0 Å². The summed E-state index contributed by atoms with van der Waals surface area (Å²) < 4.78 is 12.5. The molecule has 0 saturated carbocycles. The minimum atomic E-state index is -0.490. The van der Waals surface area contributed by atoms with E-state index in [4.69, 9.17) is 9.47 Å². The lowest BCUT2D eigenvalue weighted by Crippen LogP contribution is -2.35. The zero-order valence-electron chi connectivity index (χ0n) is 17.0. The molecule has 1 atom stereocenters. The predicted molar refractivity (Wildman–Crippen MR) is 114 cm³/mol. The molecule has 4 rings (SSSR count). The predicted octanol–water partition coefficient (Wildman–Crippen LogP) is 3.23. The molecular weight excluding hydrogens is 396 g/mol. The van der Waals surface area contributed by atoms with E-state index in [2.05, 4.69) is 10.4 Å². The van der Waals surface area contributed by atoms with Gasteiger partial charge in [0.25, 0.3) is 0 Å². The van der Waals surface area contributed by atoms with Crippen LogP contribution in [0.5, 0.6) is 0 Å². The molecule has 1 saturated heterocycles. The molecule has 1 aliphatic rings. The van der Waals surface area contributed by atoms with Crippen molar-refractivity contribution in [2.45, 2.75) is 19.2 Å². The van der Waals surface area contributed by atoms with Gasteiger partial charge in [-0.25, -0.2) is 4.79 Å². The number of carbonyl (C=O) groups is 2. The number of nitrogens with one attached hydrogen (secondary N) is 1. The molecular formula is C23H24N4O4. The highest BCUT2D eigenvalue weighted by atomic mass is 16.6. The summed E-state index contributed by atoms with van der Waals surface area (Å²) in [5, 5.41) is 7.03. The van der Waals surface area contributed by atoms with Gasteiger partial charge in [0.05, 0.1) is 37.7 Å². The molecule has 2 heterocycles. The summed E-state index contributed by atoms with van der Waals surface area (Å²) in [4.78, 5) is 26.0. The van der Waals surface area contributed by atoms with Crippen molar-refractivity contribution < 1.29 is 19.1 Å². The molecule has 1 fully saturated rings. The van der Waals surface area contributed by atoms with Crippen molar-refractivity contribution in [3.05, 3.63) is 84.2 Å². The van der Waals surface area contributed by atoms with E-state index in [1.807, 2.05) is 60.7 Å². The lowest BCUT2D eigenvalue weighted by molar-refractivity contribution is -0.117. The van der Waals surface area contributed by atoms with Gasteiger partial charge in [-0.3, -0.25) is 14.4 Å². The fourth-order valence-corrected chi connectivity index (χ4v) is 3.40. The Bertz CT molecular complexity index is 1010. The van der Waals surface area contributed by atoms with Crippen LogP contribution in [-0.4, -0.2) is 46.4 Å². The lowest BCUT2D eigenvalue weighted by Gasteiger charge is -2.20. The lowest BCUT2D eigenvalue weighted by atomic mass is 10.1. The zero-order chi connectivity index (χ0) is 21.5. The molecule has 0 radical (unpaired) electrons. The third kappa shape index (κ3) is 5.49. The summed E-state index contributed by atoms with van der Waals surface area (Å²) in [6.45, 7) is 1.75. The van der Waals surface area contributed by atoms with Crippen molar-refractivity contribution in [1.82, 2.24) is 14.7 Å². The molecule has 160 valence electrons. The maximum Gasteiger partial charge on any atom is 0.410 e. The van der Waals surface area contributed by atoms with E-state index >= 15 is 0 Å². The first-order valence-corrected chi connectivity index (χ1v) is 10.1. The largest absolute Gasteiger partial charge is 0.447 e. The van der Waals surface area contributed by atoms with Crippen molar-refractivity contribution >= 4 is 17.7 Å². The molecule has 2 amide bonds. The zero-order valence-corrected chi connectivity index (χ0v) is 17.0. The molecule has 0 bridgehead atoms. The maximum absolute atomic E-state index is 12.5. The van der Waals surface area contributed by atoms with E-state index in [1.54, 1.807) is 17.1 Å². The first-order chi connectivity index (χ1) is 15.2. The molecule has 1 unspecified atom stereocenters. The monoisotopic (exact) mass is 420 g/mol. The first-order valence-electron chi connectivity index (χ1n) is 10.1. The number of amides is 2. The van der Waals surface area contributed by atoms with E-state index in [1.165, 1.54) is 4.90 Å². The molecule has 8 heteroatoms. The summed E-state index contributed by atoms with van der Waals surface area (Å²) in [5.74, 6) is -0.306. The van der Waals surface area contributed by atoms with E-state index in [0.717, 1.165) is 11.1 Å². The fourth-order valence-electron chi connectivity index (χ4n) is 3.40. The number of anilines is 1. The van der Waals surface area contributed by atoms with Crippen LogP contribution < -0.4 is 5.32 Å². The molecule has 1 aromatic heterocycles. The number of cyclic esters (lactones) is 1. The van der Waals surface area contributed by atoms with Gasteiger partial charge in [0.2, 0.25) is 5.91 Å². The van der Waals surface area contributed by atoms with Crippen LogP contribution >= 0.6 is 0 Å². The van der Waals surface area contributed by atoms with Gasteiger partial charge in [0, 0.05) is 6.20 Å². The molecule has 1 N–H and O–H groups in total. The molecule has 1 aliphatic heterocycles. The van der Waals surface area contributed by atoms with Crippen LogP contribution in [0.25, 0.3) is 0 Å². The number of hydrogen-bond donors (Lipinski definition) is 1. The Morgan fingerprint density at radius 1 is 1.13 bits per heavy atom. The molecule has 0 aliphatic carbocycles. The van der Waals surface area contributed by atoms with Crippen LogP contribution in [0.4, 0.5) is 10.5 Å². The van der Waals surface area contributed by atoms with Crippen molar-refractivity contribution in [3.8, 4) is 0 Å². The fraction of sp³-hybridized carbons (Fsp3) is 0.261. The number of hydrogen-bond acceptors (Lipinski definition) is 5. The number of carbonyl (C=O) groups excluding carboxylic acids is 2. The maximum atomic E-state index is 12.5. The van der Waals surface area contributed by atoms with Crippen molar-refractivity contribution in [2.24, 2.45) is 0 Å². The second-order valence-corrected chi connectivity index (χ2v) is 7.21. The SMILES string of the molecule is O=C(CN1C(=O)OCC1c1ccccc1)Nc1cnn(CCOCc2ccccc2)c1. The average Bonchev–Trinajstić information content (AvgIpc) is 3.39. The van der Waals surface area contributed by atoms with Gasteiger partial charge in [-0.1, -0.05) is 60.7 Å². The van der Waals surface area contributed by atoms with E-state index in [9.17, 15) is 9.59 Å². The Morgan fingerprint density at radius 2 is 1.87 bits per heavy atom. The second kappa shape index (κ2) is 9.90. The van der Waals surface area contributed by atoms with Crippen LogP contribution in [0.2, 0.25) is 0 Å². The van der Waals surface area contributed by atoms with Crippen molar-refractivity contribution in [2.75, 3.05) is 25.1 Å². The highest BCUT2D eigenvalue weighted by molar-refractivity contribution is 5.94. The minimum Gasteiger partial charge on any atom is -0.447 e. The van der Waals surface area contributed by atoms with Gasteiger partial charge in [-0.15, -0.1) is 0 Å². The smallest absolute Gasteiger partial charge is 0.410 e. The number of rotatable bonds is 9. The quantitative estimate of drug-likeness (QED) is 0.537. The van der Waals surface area contributed by atoms with Gasteiger partial charge in [0.15, 0.2) is 0 Å². The van der Waals surface area contributed by atoms with Gasteiger partial charge < -0.3 is 14.8 Å². The Labute approximate surface area is 180 Å². The first kappa shape index (κ1) is 20.6. The number of aromatic nitrogens is 2. The number of ether oxygens (including phenoxy) is 2. The van der Waals surface area contributed by atoms with Crippen LogP contribution in [0.15, 0.2) is 73.1 Å². The standard InChI is InChI=1S/C23H24N4O4/c28-22(15-27-21(17-31-23(27)29)19-9-5-2-6-10-19)25-20-13-24-26(14-20)11-12-30-16-18-7-3-1-4-8-18/h1-10,13-14,21H,11-12,15-17H2,(H,25,28). The Hall–Kier alpha value is -3.65. The summed E-state index contributed by atoms with van der Waals surface area (Å²) in [6.07, 6.45) is 2.82. The third-order valence-corrected chi connectivity index (χ3v) is 4.97. The minimum absolute atomic E-state index is 0.0935. The van der Waals surface area contributed by atoms with Crippen LogP contribution in [0, 0.1) is 0 Å². The van der Waals surface area contributed by atoms with E-state index < -0.39 is 6.09 Å². The van der Waals surface area contributed by atoms with Crippen LogP contribution in [0.3, 0.4) is 0 Å². The highest BCUT2D eigenvalue weighted by Gasteiger charge is 2.35. The van der Waals surface area contributed by atoms with Crippen molar-refractivity contribution in [1.29, 1.82) is 0 Å². The summed E-state index contributed by atoms with van der Waals surface area (Å²) in [7, 11) is 0. The highest BCUT2D eigenvalue weighted by Crippen LogP contribution is 2.27. The Morgan fingerprint density at radius 3 is 2.65 bits per heavy atom. The van der Waals surface area contributed by atoms with Gasteiger partial charge in [0.1, 0.15) is 13.2 Å². The third-order valence-electron chi connectivity index (χ3n) is 4.97.